The van der Waals surface area contributed by atoms with Crippen molar-refractivity contribution < 1.29 is 9.59 Å². The first kappa shape index (κ1) is 24.5. The van der Waals surface area contributed by atoms with E-state index >= 15 is 0 Å². The molecule has 0 bridgehead atoms. The topological polar surface area (TPSA) is 91.6 Å². The van der Waals surface area contributed by atoms with Gasteiger partial charge in [0.25, 0.3) is 5.91 Å². The van der Waals surface area contributed by atoms with Gasteiger partial charge in [-0.15, -0.1) is 36.2 Å². The molecule has 1 fully saturated rings. The molecule has 154 valence electrons. The molecule has 0 radical (unpaired) electrons. The van der Waals surface area contributed by atoms with Gasteiger partial charge < -0.3 is 20.9 Å². The molecule has 2 aromatic rings. The van der Waals surface area contributed by atoms with E-state index in [1.54, 1.807) is 10.3 Å². The molecule has 2 amide bonds. The Morgan fingerprint density at radius 2 is 1.93 bits per heavy atom. The van der Waals surface area contributed by atoms with Crippen molar-refractivity contribution in [2.75, 3.05) is 37.6 Å². The maximum Gasteiger partial charge on any atom is 0.271 e. The summed E-state index contributed by atoms with van der Waals surface area (Å²) >= 11 is 7.36. The number of nitrogens with two attached hydrogens (primary N) is 1. The van der Waals surface area contributed by atoms with Crippen LogP contribution in [0, 0.1) is 0 Å². The fourth-order valence-electron chi connectivity index (χ4n) is 2.75. The van der Waals surface area contributed by atoms with Crippen LogP contribution in [0.4, 0.5) is 5.69 Å². The average Bonchev–Trinajstić information content (AvgIpc) is 3.15. The summed E-state index contributed by atoms with van der Waals surface area (Å²) in [5, 5.41) is 5.66. The zero-order valence-corrected chi connectivity index (χ0v) is 18.2. The van der Waals surface area contributed by atoms with Crippen LogP contribution >= 0.6 is 47.8 Å². The molecule has 0 saturated carbocycles. The van der Waals surface area contributed by atoms with E-state index < -0.39 is 0 Å². The summed E-state index contributed by atoms with van der Waals surface area (Å²) in [6.07, 6.45) is 0. The average molecular weight is 467 g/mol. The van der Waals surface area contributed by atoms with Gasteiger partial charge in [0, 0.05) is 48.8 Å². The van der Waals surface area contributed by atoms with E-state index in [1.807, 2.05) is 24.3 Å². The van der Waals surface area contributed by atoms with E-state index in [1.165, 1.54) is 11.3 Å². The van der Waals surface area contributed by atoms with Gasteiger partial charge in [-0.1, -0.05) is 17.7 Å². The number of halogens is 3. The van der Waals surface area contributed by atoms with Crippen molar-refractivity contribution in [1.82, 2.24) is 15.2 Å². The number of piperazine rings is 1. The third kappa shape index (κ3) is 6.22. The van der Waals surface area contributed by atoms with Crippen molar-refractivity contribution in [3.05, 3.63) is 45.4 Å². The summed E-state index contributed by atoms with van der Waals surface area (Å²) in [7, 11) is 0. The fourth-order valence-corrected chi connectivity index (χ4v) is 3.59. The molecule has 2 heterocycles. The third-order valence-electron chi connectivity index (χ3n) is 4.16. The molecule has 0 unspecified atom stereocenters. The predicted molar refractivity (Wildman–Crippen MR) is 117 cm³/mol. The number of amides is 2. The number of thiazole rings is 1. The zero-order chi connectivity index (χ0) is 18.5. The second-order valence-electron chi connectivity index (χ2n) is 5.86. The van der Waals surface area contributed by atoms with Crippen LogP contribution in [-0.4, -0.2) is 54.4 Å². The first-order chi connectivity index (χ1) is 12.6. The van der Waals surface area contributed by atoms with Gasteiger partial charge in [0.1, 0.15) is 10.7 Å². The normalized spacial score (nSPS) is 13.4. The van der Waals surface area contributed by atoms with E-state index in [0.717, 1.165) is 18.8 Å². The summed E-state index contributed by atoms with van der Waals surface area (Å²) in [6.45, 7) is 2.93. The first-order valence-electron chi connectivity index (χ1n) is 8.28. The Hall–Kier alpha value is -1.58. The highest BCUT2D eigenvalue weighted by molar-refractivity contribution is 7.09. The van der Waals surface area contributed by atoms with Crippen LogP contribution in [0.25, 0.3) is 0 Å². The number of hydrogen-bond donors (Lipinski definition) is 2. The minimum atomic E-state index is -0.355. The van der Waals surface area contributed by atoms with E-state index in [-0.39, 0.29) is 43.2 Å². The molecule has 0 aliphatic carbocycles. The lowest BCUT2D eigenvalue weighted by Gasteiger charge is -2.36. The number of nitrogens with zero attached hydrogens (tertiary/aromatic N) is 3. The second-order valence-corrected chi connectivity index (χ2v) is 7.24. The lowest BCUT2D eigenvalue weighted by molar-refractivity contribution is -0.130. The monoisotopic (exact) mass is 465 g/mol. The third-order valence-corrected chi connectivity index (χ3v) is 5.27. The minimum Gasteiger partial charge on any atom is -0.368 e. The highest BCUT2D eigenvalue weighted by Crippen LogP contribution is 2.20. The Balaban J connectivity index is 0.00000196. The smallest absolute Gasteiger partial charge is 0.271 e. The summed E-state index contributed by atoms with van der Waals surface area (Å²) in [5.74, 6) is -0.453. The van der Waals surface area contributed by atoms with Gasteiger partial charge in [-0.2, -0.15) is 0 Å². The number of anilines is 1. The van der Waals surface area contributed by atoms with Crippen LogP contribution in [0.2, 0.25) is 5.02 Å². The molecule has 1 aliphatic rings. The molecule has 1 aliphatic heterocycles. The largest absolute Gasteiger partial charge is 0.368 e. The van der Waals surface area contributed by atoms with Crippen LogP contribution in [0.3, 0.4) is 0 Å². The van der Waals surface area contributed by atoms with E-state index in [0.29, 0.717) is 35.4 Å². The molecular weight excluding hydrogens is 445 g/mol. The quantitative estimate of drug-likeness (QED) is 0.705. The first-order valence-corrected chi connectivity index (χ1v) is 9.53. The maximum absolute atomic E-state index is 12.3. The molecule has 0 atom stereocenters. The summed E-state index contributed by atoms with van der Waals surface area (Å²) in [6, 6.07) is 7.68. The maximum atomic E-state index is 12.3. The minimum absolute atomic E-state index is 0. The molecule has 3 rings (SSSR count). The number of carbonyl (C=O) groups is 2. The molecule has 1 saturated heterocycles. The summed E-state index contributed by atoms with van der Waals surface area (Å²) < 4.78 is 0. The van der Waals surface area contributed by atoms with Crippen molar-refractivity contribution >= 4 is 65.3 Å². The molecule has 11 heteroatoms. The van der Waals surface area contributed by atoms with Crippen LogP contribution < -0.4 is 16.0 Å². The lowest BCUT2D eigenvalue weighted by Crippen LogP contribution is -2.51. The van der Waals surface area contributed by atoms with Gasteiger partial charge in [0.15, 0.2) is 0 Å². The van der Waals surface area contributed by atoms with Gasteiger partial charge in [0.2, 0.25) is 5.91 Å². The van der Waals surface area contributed by atoms with Gasteiger partial charge >= 0.3 is 0 Å². The number of aromatic nitrogens is 1. The van der Waals surface area contributed by atoms with Crippen LogP contribution in [-0.2, 0) is 11.3 Å². The van der Waals surface area contributed by atoms with E-state index in [9.17, 15) is 9.59 Å². The van der Waals surface area contributed by atoms with Gasteiger partial charge in [-0.3, -0.25) is 9.59 Å². The zero-order valence-electron chi connectivity index (χ0n) is 15.0. The van der Waals surface area contributed by atoms with Crippen molar-refractivity contribution in [1.29, 1.82) is 0 Å². The Bertz CT molecular complexity index is 797. The molecule has 28 heavy (non-hydrogen) atoms. The number of hydrogen-bond acceptors (Lipinski definition) is 6. The number of carbonyl (C=O) groups excluding carboxylic acids is 2. The fraction of sp³-hybridized carbons (Fsp3) is 0.353. The Morgan fingerprint density at radius 3 is 2.54 bits per heavy atom. The molecule has 7 nitrogen and oxygen atoms in total. The highest BCUT2D eigenvalue weighted by Gasteiger charge is 2.22. The Kier molecular flexibility index (Phi) is 9.98. The van der Waals surface area contributed by atoms with Crippen LogP contribution in [0.15, 0.2) is 29.6 Å². The number of nitrogens with one attached hydrogen (secondary N) is 1. The Labute approximate surface area is 185 Å². The summed E-state index contributed by atoms with van der Waals surface area (Å²) in [4.78, 5) is 32.4. The SMILES string of the molecule is Cl.Cl.NCc1nc(C(=O)NCC(=O)N2CCN(c3cccc(Cl)c3)CC2)cs1. The number of benzene rings is 1. The van der Waals surface area contributed by atoms with Gasteiger partial charge in [-0.05, 0) is 18.2 Å². The van der Waals surface area contributed by atoms with Crippen LogP contribution in [0.1, 0.15) is 15.5 Å². The van der Waals surface area contributed by atoms with E-state index in [4.69, 9.17) is 17.3 Å². The molecule has 0 spiro atoms. The molecule has 1 aromatic carbocycles. The van der Waals surface area contributed by atoms with E-state index in [2.05, 4.69) is 15.2 Å². The van der Waals surface area contributed by atoms with Gasteiger partial charge in [-0.25, -0.2) is 4.98 Å². The highest BCUT2D eigenvalue weighted by atomic mass is 35.5. The van der Waals surface area contributed by atoms with Crippen molar-refractivity contribution in [2.45, 2.75) is 6.54 Å². The lowest BCUT2D eigenvalue weighted by atomic mass is 10.2. The summed E-state index contributed by atoms with van der Waals surface area (Å²) in [5.41, 5.74) is 6.84. The standard InChI is InChI=1S/C17H20ClN5O2S.2ClH/c18-12-2-1-3-13(8-12)22-4-6-23(7-5-22)16(24)10-20-17(25)14-11-26-15(9-19)21-14;;/h1-3,8,11H,4-7,9-10,19H2,(H,20,25);2*1H. The van der Waals surface area contributed by atoms with Crippen molar-refractivity contribution in [2.24, 2.45) is 5.73 Å². The van der Waals surface area contributed by atoms with Crippen LogP contribution in [0.5, 0.6) is 0 Å². The molecule has 3 N–H and O–H groups in total. The van der Waals surface area contributed by atoms with Crippen molar-refractivity contribution in [3.8, 4) is 0 Å². The molecular formula is C17H22Cl3N5O2S. The van der Waals surface area contributed by atoms with Crippen molar-refractivity contribution in [3.63, 3.8) is 0 Å². The number of rotatable bonds is 5. The predicted octanol–water partition coefficient (Wildman–Crippen LogP) is 2.18. The van der Waals surface area contributed by atoms with Gasteiger partial charge in [0.05, 0.1) is 6.54 Å². The Morgan fingerprint density at radius 1 is 1.21 bits per heavy atom. The second kappa shape index (κ2) is 11.4. The molecule has 1 aromatic heterocycles.